The minimum Gasteiger partial charge on any atom is -0.486 e. The number of benzene rings is 8. The van der Waals surface area contributed by atoms with Crippen molar-refractivity contribution in [2.75, 3.05) is 0 Å². The molecule has 4 heterocycles. The van der Waals surface area contributed by atoms with Crippen molar-refractivity contribution in [1.82, 2.24) is 24.5 Å². The molecule has 0 amide bonds. The average Bonchev–Trinajstić information content (AvgIpc) is 3.94. The van der Waals surface area contributed by atoms with Crippen LogP contribution in [-0.4, -0.2) is 24.5 Å². The number of hydrogen-bond donors (Lipinski definition) is 0. The monoisotopic (exact) mass is 1070 g/mol. The zero-order valence-electron chi connectivity index (χ0n) is 39.8. The van der Waals surface area contributed by atoms with Gasteiger partial charge in [-0.3, -0.25) is 15.0 Å². The van der Waals surface area contributed by atoms with Crippen molar-refractivity contribution in [2.24, 2.45) is 0 Å². The summed E-state index contributed by atoms with van der Waals surface area (Å²) in [5, 5.41) is 7.68. The van der Waals surface area contributed by atoms with E-state index in [-0.39, 0.29) is 37.4 Å². The Morgan fingerprint density at radius 1 is 0.565 bits per heavy atom. The van der Waals surface area contributed by atoms with E-state index in [1.54, 1.807) is 0 Å². The van der Waals surface area contributed by atoms with Crippen LogP contribution >= 0.6 is 0 Å². The Hall–Kier alpha value is -7.31. The molecule has 0 aliphatic rings. The summed E-state index contributed by atoms with van der Waals surface area (Å²) in [5.74, 6) is 2.04. The van der Waals surface area contributed by atoms with E-state index in [4.69, 9.17) is 14.4 Å². The maximum absolute atomic E-state index is 6.81. The average molecular weight is 1070 g/mol. The maximum Gasteiger partial charge on any atom is 0.216 e. The fourth-order valence-corrected chi connectivity index (χ4v) is 9.51. The Bertz CT molecular complexity index is 3820. The topological polar surface area (TPSA) is 69.6 Å². The number of aromatic nitrogens is 5. The van der Waals surface area contributed by atoms with Gasteiger partial charge in [-0.05, 0) is 75.2 Å². The smallest absolute Gasteiger partial charge is 0.216 e. The Morgan fingerprint density at radius 3 is 1.94 bits per heavy atom. The molecule has 0 aliphatic carbocycles. The van der Waals surface area contributed by atoms with Gasteiger partial charge in [0.2, 0.25) is 5.71 Å². The largest absolute Gasteiger partial charge is 0.486 e. The third-order valence-corrected chi connectivity index (χ3v) is 13.0. The number of pyridine rings is 1. The number of fused-ring (bicyclic) bond motifs is 9. The van der Waals surface area contributed by atoms with Gasteiger partial charge in [0.1, 0.15) is 0 Å². The molecule has 0 saturated carbocycles. The van der Waals surface area contributed by atoms with Crippen molar-refractivity contribution in [3.05, 3.63) is 199 Å². The number of hydrogen-bond acceptors (Lipinski definition) is 5. The molecule has 0 fully saturated rings. The number of nitrogens with zero attached hydrogens (tertiary/aromatic N) is 5. The Labute approximate surface area is 416 Å². The molecule has 0 N–H and O–H groups in total. The first-order chi connectivity index (χ1) is 33.0. The van der Waals surface area contributed by atoms with E-state index in [1.165, 1.54) is 33.3 Å². The first kappa shape index (κ1) is 45.5. The Kier molecular flexibility index (Phi) is 12.1. The van der Waals surface area contributed by atoms with Gasteiger partial charge in [-0.2, -0.15) is 0 Å². The second kappa shape index (κ2) is 18.3. The Morgan fingerprint density at radius 2 is 1.23 bits per heavy atom. The van der Waals surface area contributed by atoms with Crippen molar-refractivity contribution in [2.45, 2.75) is 65.7 Å². The van der Waals surface area contributed by atoms with E-state index in [1.807, 2.05) is 42.6 Å². The Balaban J connectivity index is 0.000000277. The summed E-state index contributed by atoms with van der Waals surface area (Å²) in [5.41, 5.74) is 13.3. The molecule has 69 heavy (non-hydrogen) atoms. The van der Waals surface area contributed by atoms with Crippen molar-refractivity contribution >= 4 is 65.6 Å². The molecule has 12 rings (SSSR count). The molecule has 0 unspecified atom stereocenters. The summed E-state index contributed by atoms with van der Waals surface area (Å²) in [4.78, 5) is 19.5. The molecule has 7 heteroatoms. The third-order valence-electron chi connectivity index (χ3n) is 13.0. The molecule has 1 radical (unpaired) electrons. The summed E-state index contributed by atoms with van der Waals surface area (Å²) in [6.07, 6.45) is 1.81. The molecule has 12 aromatic rings. The summed E-state index contributed by atoms with van der Waals surface area (Å²) in [6, 6.07) is 63.9. The van der Waals surface area contributed by atoms with Crippen LogP contribution in [0.25, 0.3) is 105 Å². The van der Waals surface area contributed by atoms with E-state index in [0.717, 1.165) is 82.9 Å². The fraction of sp³-hybridized carbons (Fsp3) is 0.161. The van der Waals surface area contributed by atoms with Gasteiger partial charge in [-0.15, -0.1) is 54.1 Å². The standard InChI is InChI=1S/C48H36N3O.C14H15N2.Ir/c1-28(2)39-26-34(30-13-6-5-7-14-30)27-40(29(3)4)44(39)51-45-36-18-11-9-16-32(36)23-24-42(45)49-47(51)38-20-12-19-37-41-25-33-22-21-31-15-8-10-17-35(31)43(33)50-48(41)52-46(37)38;1-14(2,3)12-9-10-15-13(16-12)11-7-5-4-6-8-11;/h5-19,21-29H,1-4H3;4-7,9-10H,1-3H3;/q2*-1;. The molecule has 6 nitrogen and oxygen atoms in total. The fourth-order valence-electron chi connectivity index (χ4n) is 9.51. The molecule has 0 saturated heterocycles. The van der Waals surface area contributed by atoms with E-state index >= 15 is 0 Å². The quantitative estimate of drug-likeness (QED) is 0.123. The summed E-state index contributed by atoms with van der Waals surface area (Å²) in [7, 11) is 0. The van der Waals surface area contributed by atoms with Gasteiger partial charge in [0.15, 0.2) is 0 Å². The number of imidazole rings is 1. The van der Waals surface area contributed by atoms with Crippen molar-refractivity contribution in [3.63, 3.8) is 0 Å². The maximum atomic E-state index is 6.81. The van der Waals surface area contributed by atoms with Gasteiger partial charge in [0.05, 0.1) is 33.8 Å². The van der Waals surface area contributed by atoms with Crippen LogP contribution in [0.15, 0.2) is 174 Å². The predicted octanol–water partition coefficient (Wildman–Crippen LogP) is 16.4. The van der Waals surface area contributed by atoms with Gasteiger partial charge in [-0.1, -0.05) is 156 Å². The van der Waals surface area contributed by atoms with Gasteiger partial charge in [0, 0.05) is 64.6 Å². The number of rotatable bonds is 6. The molecule has 4 aromatic heterocycles. The van der Waals surface area contributed by atoms with Crippen molar-refractivity contribution in [3.8, 4) is 39.6 Å². The normalized spacial score (nSPS) is 11.8. The van der Waals surface area contributed by atoms with Gasteiger partial charge in [-0.25, -0.2) is 4.98 Å². The predicted molar refractivity (Wildman–Crippen MR) is 282 cm³/mol. The minimum absolute atomic E-state index is 0. The van der Waals surface area contributed by atoms with Crippen molar-refractivity contribution in [1.29, 1.82) is 0 Å². The molecule has 341 valence electrons. The van der Waals surface area contributed by atoms with Crippen LogP contribution in [0.1, 0.15) is 77.1 Å². The zero-order chi connectivity index (χ0) is 46.7. The molecule has 0 bridgehead atoms. The minimum atomic E-state index is 0. The van der Waals surface area contributed by atoms with Crippen LogP contribution in [0.2, 0.25) is 0 Å². The van der Waals surface area contributed by atoms with Crippen LogP contribution in [0, 0.1) is 12.1 Å². The van der Waals surface area contributed by atoms with E-state index in [2.05, 4.69) is 203 Å². The van der Waals surface area contributed by atoms with Crippen LogP contribution < -0.4 is 0 Å². The van der Waals surface area contributed by atoms with Gasteiger partial charge >= 0.3 is 0 Å². The van der Waals surface area contributed by atoms with E-state index in [9.17, 15) is 0 Å². The van der Waals surface area contributed by atoms with Crippen molar-refractivity contribution < 1.29 is 24.5 Å². The SMILES string of the molecule is CC(C)(C)c1ccnc(-c2[c-]cccc2)n1.CC(C)c1cc(-c2ccccc2)cc(C(C)C)c1-n1c(-c2[c-]ccc3c2oc2nc4c(ccc5ccccc54)cc23)nc2ccc3ccccc3c21.[Ir]. The molecule has 0 aliphatic heterocycles. The summed E-state index contributed by atoms with van der Waals surface area (Å²) in [6.45, 7) is 15.6. The van der Waals surface area contributed by atoms with Crippen LogP contribution in [-0.2, 0) is 25.5 Å². The molecule has 0 atom stereocenters. The van der Waals surface area contributed by atoms with E-state index < -0.39 is 0 Å². The van der Waals surface area contributed by atoms with Gasteiger partial charge < -0.3 is 8.98 Å². The van der Waals surface area contributed by atoms with Crippen LogP contribution in [0.5, 0.6) is 0 Å². The second-order valence-electron chi connectivity index (χ2n) is 19.3. The van der Waals surface area contributed by atoms with E-state index in [0.29, 0.717) is 5.71 Å². The summed E-state index contributed by atoms with van der Waals surface area (Å²) < 4.78 is 9.22. The first-order valence-electron chi connectivity index (χ1n) is 23.5. The van der Waals surface area contributed by atoms with Gasteiger partial charge in [0.25, 0.3) is 0 Å². The molecule has 0 spiro atoms. The second-order valence-corrected chi connectivity index (χ2v) is 19.3. The van der Waals surface area contributed by atoms with Crippen LogP contribution in [0.4, 0.5) is 0 Å². The molecule has 8 aromatic carbocycles. The summed E-state index contributed by atoms with van der Waals surface area (Å²) >= 11 is 0. The third kappa shape index (κ3) is 8.30. The zero-order valence-corrected chi connectivity index (χ0v) is 42.2. The number of furan rings is 1. The van der Waals surface area contributed by atoms with Crippen LogP contribution in [0.3, 0.4) is 0 Å². The molecular formula is C62H51IrN5O-2. The first-order valence-corrected chi connectivity index (χ1v) is 23.5. The molecular weight excluding hydrogens is 1020 g/mol.